The number of carbonyl (C=O) groups excluding carboxylic acids is 1. The van der Waals surface area contributed by atoms with Crippen LogP contribution in [0.5, 0.6) is 11.5 Å². The first kappa shape index (κ1) is 29.1. The molecule has 2 aromatic carbocycles. The molecular formula is C26H28F3N3O5. The maximum absolute atomic E-state index is 12.3. The predicted octanol–water partition coefficient (Wildman–Crippen LogP) is 5.40. The molecule has 0 saturated heterocycles. The second kappa shape index (κ2) is 13.3. The van der Waals surface area contributed by atoms with Gasteiger partial charge < -0.3 is 25.2 Å². The number of anilines is 1. The average Bonchev–Trinajstić information content (AvgIpc) is 2.88. The molecule has 3 rings (SSSR count). The number of aromatic nitrogens is 1. The molecule has 0 aliphatic carbocycles. The van der Waals surface area contributed by atoms with Gasteiger partial charge in [-0.05, 0) is 49.7 Å². The SMILES string of the molecule is COc1ccc(C(C)NC(C)c2ccc(NC(=O)c3ccncc3)cc2)c(OC)c1.O=C(O)C(F)(F)F. The second-order valence-electron chi connectivity index (χ2n) is 7.83. The maximum atomic E-state index is 12.3. The lowest BCUT2D eigenvalue weighted by Crippen LogP contribution is -2.23. The Morgan fingerprint density at radius 1 is 0.919 bits per heavy atom. The number of carboxylic acid groups (broad SMARTS) is 1. The van der Waals surface area contributed by atoms with Crippen molar-refractivity contribution in [1.82, 2.24) is 10.3 Å². The molecule has 1 aromatic heterocycles. The highest BCUT2D eigenvalue weighted by Crippen LogP contribution is 2.31. The number of ether oxygens (including phenoxy) is 2. The summed E-state index contributed by atoms with van der Waals surface area (Å²) < 4.78 is 42.5. The molecule has 0 bridgehead atoms. The molecule has 3 aromatic rings. The Hall–Kier alpha value is -4.12. The number of aliphatic carboxylic acids is 1. The number of alkyl halides is 3. The highest BCUT2D eigenvalue weighted by Gasteiger charge is 2.38. The summed E-state index contributed by atoms with van der Waals surface area (Å²) >= 11 is 0. The summed E-state index contributed by atoms with van der Waals surface area (Å²) in [7, 11) is 3.30. The average molecular weight is 520 g/mol. The van der Waals surface area contributed by atoms with Crippen molar-refractivity contribution in [3.8, 4) is 11.5 Å². The van der Waals surface area contributed by atoms with E-state index in [2.05, 4.69) is 29.5 Å². The van der Waals surface area contributed by atoms with Crippen LogP contribution in [0.4, 0.5) is 18.9 Å². The Balaban J connectivity index is 0.000000604. The van der Waals surface area contributed by atoms with E-state index < -0.39 is 12.1 Å². The highest BCUT2D eigenvalue weighted by atomic mass is 19.4. The number of carbonyl (C=O) groups is 2. The number of benzene rings is 2. The third kappa shape index (κ3) is 8.80. The quantitative estimate of drug-likeness (QED) is 0.366. The van der Waals surface area contributed by atoms with Gasteiger partial charge in [-0.25, -0.2) is 4.79 Å². The Bertz CT molecular complexity index is 1170. The van der Waals surface area contributed by atoms with Crippen LogP contribution in [-0.4, -0.2) is 42.4 Å². The molecule has 37 heavy (non-hydrogen) atoms. The van der Waals surface area contributed by atoms with Gasteiger partial charge in [-0.1, -0.05) is 18.2 Å². The number of methoxy groups -OCH3 is 2. The Kier molecular flexibility index (Phi) is 10.4. The fourth-order valence-electron chi connectivity index (χ4n) is 3.30. The van der Waals surface area contributed by atoms with Gasteiger partial charge in [0.15, 0.2) is 0 Å². The van der Waals surface area contributed by atoms with Crippen LogP contribution in [0, 0.1) is 0 Å². The summed E-state index contributed by atoms with van der Waals surface area (Å²) in [5.74, 6) is -1.36. The van der Waals surface area contributed by atoms with Gasteiger partial charge in [-0.15, -0.1) is 0 Å². The maximum Gasteiger partial charge on any atom is 0.490 e. The largest absolute Gasteiger partial charge is 0.497 e. The van der Waals surface area contributed by atoms with Gasteiger partial charge in [-0.2, -0.15) is 13.2 Å². The standard InChI is InChI=1S/C24H27N3O3.C2HF3O2/c1-16(26-17(2)22-10-9-21(29-3)15-23(22)30-4)18-5-7-20(8-6-18)27-24(28)19-11-13-25-14-12-19;3-2(4,5)1(6)7/h5-17,26H,1-4H3,(H,27,28);(H,6,7). The number of amides is 1. The number of halogens is 3. The molecule has 1 amide bonds. The van der Waals surface area contributed by atoms with Crippen molar-refractivity contribution in [2.45, 2.75) is 32.1 Å². The number of pyridine rings is 1. The summed E-state index contributed by atoms with van der Waals surface area (Å²) in [4.78, 5) is 25.1. The van der Waals surface area contributed by atoms with E-state index in [0.717, 1.165) is 28.3 Å². The van der Waals surface area contributed by atoms with Crippen molar-refractivity contribution in [2.24, 2.45) is 0 Å². The number of hydrogen-bond donors (Lipinski definition) is 3. The fourth-order valence-corrected chi connectivity index (χ4v) is 3.30. The number of nitrogens with zero attached hydrogens (tertiary/aromatic N) is 1. The lowest BCUT2D eigenvalue weighted by atomic mass is 10.0. The summed E-state index contributed by atoms with van der Waals surface area (Å²) in [5, 5.41) is 13.6. The van der Waals surface area contributed by atoms with E-state index in [9.17, 15) is 18.0 Å². The van der Waals surface area contributed by atoms with Crippen molar-refractivity contribution < 1.29 is 37.3 Å². The summed E-state index contributed by atoms with van der Waals surface area (Å²) in [6.45, 7) is 4.21. The van der Waals surface area contributed by atoms with Crippen molar-refractivity contribution in [1.29, 1.82) is 0 Å². The Morgan fingerprint density at radius 2 is 1.51 bits per heavy atom. The summed E-state index contributed by atoms with van der Waals surface area (Å²) in [6.07, 6.45) is -1.88. The molecule has 0 fully saturated rings. The normalized spacial score (nSPS) is 12.4. The van der Waals surface area contributed by atoms with E-state index in [1.54, 1.807) is 38.7 Å². The molecule has 0 aliphatic heterocycles. The first-order valence-electron chi connectivity index (χ1n) is 11.1. The van der Waals surface area contributed by atoms with Gasteiger partial charge in [0, 0.05) is 47.4 Å². The molecule has 8 nitrogen and oxygen atoms in total. The molecule has 3 N–H and O–H groups in total. The zero-order valence-corrected chi connectivity index (χ0v) is 20.7. The zero-order valence-electron chi connectivity index (χ0n) is 20.7. The number of rotatable bonds is 8. The minimum atomic E-state index is -5.08. The Morgan fingerprint density at radius 3 is 2.03 bits per heavy atom. The van der Waals surface area contributed by atoms with Crippen molar-refractivity contribution in [3.63, 3.8) is 0 Å². The van der Waals surface area contributed by atoms with Crippen LogP contribution in [0.1, 0.15) is 47.4 Å². The van der Waals surface area contributed by atoms with Gasteiger partial charge in [0.2, 0.25) is 0 Å². The van der Waals surface area contributed by atoms with Crippen LogP contribution in [0.25, 0.3) is 0 Å². The molecule has 0 radical (unpaired) electrons. The lowest BCUT2D eigenvalue weighted by Gasteiger charge is -2.23. The molecule has 0 aliphatic rings. The topological polar surface area (TPSA) is 110 Å². The van der Waals surface area contributed by atoms with Gasteiger partial charge in [0.25, 0.3) is 5.91 Å². The molecule has 1 heterocycles. The third-order valence-corrected chi connectivity index (χ3v) is 5.26. The molecule has 11 heteroatoms. The first-order chi connectivity index (χ1) is 17.5. The van der Waals surface area contributed by atoms with Crippen LogP contribution in [-0.2, 0) is 4.79 Å². The van der Waals surface area contributed by atoms with Crippen molar-refractivity contribution in [2.75, 3.05) is 19.5 Å². The molecular weight excluding hydrogens is 491 g/mol. The van der Waals surface area contributed by atoms with Crippen LogP contribution < -0.4 is 20.1 Å². The predicted molar refractivity (Wildman–Crippen MR) is 132 cm³/mol. The van der Waals surface area contributed by atoms with E-state index in [4.69, 9.17) is 19.4 Å². The van der Waals surface area contributed by atoms with Crippen LogP contribution in [0.2, 0.25) is 0 Å². The number of nitrogens with one attached hydrogen (secondary N) is 2. The van der Waals surface area contributed by atoms with E-state index in [0.29, 0.717) is 5.56 Å². The van der Waals surface area contributed by atoms with E-state index >= 15 is 0 Å². The molecule has 0 spiro atoms. The van der Waals surface area contributed by atoms with Crippen molar-refractivity contribution in [3.05, 3.63) is 83.7 Å². The minimum absolute atomic E-state index is 0.0759. The highest BCUT2D eigenvalue weighted by molar-refractivity contribution is 6.04. The van der Waals surface area contributed by atoms with Gasteiger partial charge in [0.1, 0.15) is 11.5 Å². The van der Waals surface area contributed by atoms with Crippen molar-refractivity contribution >= 4 is 17.6 Å². The van der Waals surface area contributed by atoms with Crippen LogP contribution in [0.15, 0.2) is 67.0 Å². The van der Waals surface area contributed by atoms with Crippen LogP contribution >= 0.6 is 0 Å². The van der Waals surface area contributed by atoms with Gasteiger partial charge in [-0.3, -0.25) is 9.78 Å². The second-order valence-corrected chi connectivity index (χ2v) is 7.83. The monoisotopic (exact) mass is 519 g/mol. The number of carboxylic acids is 1. The van der Waals surface area contributed by atoms with Gasteiger partial charge >= 0.3 is 12.1 Å². The molecule has 198 valence electrons. The third-order valence-electron chi connectivity index (χ3n) is 5.26. The summed E-state index contributed by atoms with van der Waals surface area (Å²) in [6, 6.07) is 17.2. The molecule has 2 atom stereocenters. The first-order valence-corrected chi connectivity index (χ1v) is 11.1. The smallest absolute Gasteiger partial charge is 0.490 e. The zero-order chi connectivity index (χ0) is 27.6. The van der Waals surface area contributed by atoms with Crippen LogP contribution in [0.3, 0.4) is 0 Å². The fraction of sp³-hybridized carbons (Fsp3) is 0.269. The number of hydrogen-bond acceptors (Lipinski definition) is 6. The van der Waals surface area contributed by atoms with E-state index in [-0.39, 0.29) is 18.0 Å². The summed E-state index contributed by atoms with van der Waals surface area (Å²) in [5.41, 5.74) is 3.51. The van der Waals surface area contributed by atoms with Gasteiger partial charge in [0.05, 0.1) is 14.2 Å². The minimum Gasteiger partial charge on any atom is -0.497 e. The van der Waals surface area contributed by atoms with E-state index in [1.165, 1.54) is 0 Å². The Labute approximate surface area is 212 Å². The molecule has 0 saturated carbocycles. The molecule has 2 unspecified atom stereocenters. The van der Waals surface area contributed by atoms with E-state index in [1.807, 2.05) is 42.5 Å². The lowest BCUT2D eigenvalue weighted by molar-refractivity contribution is -0.192.